The summed E-state index contributed by atoms with van der Waals surface area (Å²) in [4.78, 5) is 0. The van der Waals surface area contributed by atoms with Crippen molar-refractivity contribution >= 4 is 11.6 Å². The van der Waals surface area contributed by atoms with Crippen LogP contribution in [-0.2, 0) is 4.74 Å². The highest BCUT2D eigenvalue weighted by molar-refractivity contribution is 6.30. The molecule has 1 aromatic carbocycles. The molecule has 1 heterocycles. The van der Waals surface area contributed by atoms with E-state index in [-0.39, 0.29) is 0 Å². The molecular formula is C15H22ClNO. The van der Waals surface area contributed by atoms with E-state index in [0.717, 1.165) is 30.9 Å². The van der Waals surface area contributed by atoms with Crippen LogP contribution in [0.5, 0.6) is 0 Å². The molecule has 1 aliphatic heterocycles. The number of hydrogen-bond acceptors (Lipinski definition) is 2. The highest BCUT2D eigenvalue weighted by atomic mass is 35.5. The predicted molar refractivity (Wildman–Crippen MR) is 76.1 cm³/mol. The third-order valence-corrected chi connectivity index (χ3v) is 3.93. The van der Waals surface area contributed by atoms with Crippen molar-refractivity contribution in [3.8, 4) is 0 Å². The predicted octanol–water partition coefficient (Wildman–Crippen LogP) is 3.95. The lowest BCUT2D eigenvalue weighted by Gasteiger charge is -2.31. The Morgan fingerprint density at radius 2 is 2.11 bits per heavy atom. The number of hydrogen-bond donors (Lipinski definition) is 1. The molecule has 100 valence electrons. The summed E-state index contributed by atoms with van der Waals surface area (Å²) in [7, 11) is 0. The zero-order chi connectivity index (χ0) is 13.0. The second-order valence-corrected chi connectivity index (χ2v) is 5.50. The zero-order valence-electron chi connectivity index (χ0n) is 11.2. The van der Waals surface area contributed by atoms with Crippen molar-refractivity contribution in [3.05, 3.63) is 34.9 Å². The second kappa shape index (κ2) is 6.55. The average Bonchev–Trinajstić information content (AvgIpc) is 2.39. The maximum atomic E-state index is 5.91. The van der Waals surface area contributed by atoms with Crippen molar-refractivity contribution in [3.63, 3.8) is 0 Å². The topological polar surface area (TPSA) is 21.3 Å². The Balaban J connectivity index is 1.90. The molecule has 1 saturated heterocycles. The van der Waals surface area contributed by atoms with E-state index in [4.69, 9.17) is 16.3 Å². The second-order valence-electron chi connectivity index (χ2n) is 5.06. The standard InChI is InChI=1S/C15H22ClNO/c1-3-15-10-14(8-9-18-15)17-11(2)12-4-6-13(16)7-5-12/h4-7,11,14-15,17H,3,8-10H2,1-2H3/t11-,14?,15?/m0/s1. The van der Waals surface area contributed by atoms with Crippen LogP contribution in [0.1, 0.15) is 44.7 Å². The minimum absolute atomic E-state index is 0.364. The minimum atomic E-state index is 0.364. The lowest BCUT2D eigenvalue weighted by Crippen LogP contribution is -2.39. The lowest BCUT2D eigenvalue weighted by molar-refractivity contribution is -0.00165. The molecule has 3 heteroatoms. The van der Waals surface area contributed by atoms with Gasteiger partial charge in [0.15, 0.2) is 0 Å². The quantitative estimate of drug-likeness (QED) is 0.892. The molecule has 0 spiro atoms. The van der Waals surface area contributed by atoms with E-state index < -0.39 is 0 Å². The molecule has 0 aliphatic carbocycles. The van der Waals surface area contributed by atoms with Gasteiger partial charge in [-0.3, -0.25) is 0 Å². The maximum absolute atomic E-state index is 5.91. The number of rotatable bonds is 4. The van der Waals surface area contributed by atoms with Crippen LogP contribution < -0.4 is 5.32 Å². The molecule has 0 bridgehead atoms. The van der Waals surface area contributed by atoms with Crippen LogP contribution in [0, 0.1) is 0 Å². The summed E-state index contributed by atoms with van der Waals surface area (Å²) in [6.45, 7) is 5.28. The summed E-state index contributed by atoms with van der Waals surface area (Å²) in [6.07, 6.45) is 3.75. The van der Waals surface area contributed by atoms with Gasteiger partial charge in [0, 0.05) is 23.7 Å². The van der Waals surface area contributed by atoms with Crippen molar-refractivity contribution in [2.45, 2.75) is 51.3 Å². The molecule has 2 unspecified atom stereocenters. The Kier molecular flexibility index (Phi) is 5.04. The molecule has 2 rings (SSSR count). The Bertz CT molecular complexity index is 365. The van der Waals surface area contributed by atoms with Crippen LogP contribution in [0.3, 0.4) is 0 Å². The molecule has 0 amide bonds. The Labute approximate surface area is 115 Å². The molecule has 0 radical (unpaired) electrons. The normalized spacial score (nSPS) is 25.9. The van der Waals surface area contributed by atoms with Gasteiger partial charge in [0.2, 0.25) is 0 Å². The molecule has 2 nitrogen and oxygen atoms in total. The van der Waals surface area contributed by atoms with E-state index in [0.29, 0.717) is 18.2 Å². The summed E-state index contributed by atoms with van der Waals surface area (Å²) in [6, 6.07) is 9.02. The van der Waals surface area contributed by atoms with Gasteiger partial charge in [-0.1, -0.05) is 30.7 Å². The van der Waals surface area contributed by atoms with Gasteiger partial charge in [-0.15, -0.1) is 0 Å². The van der Waals surface area contributed by atoms with Gasteiger partial charge in [0.25, 0.3) is 0 Å². The fourth-order valence-electron chi connectivity index (χ4n) is 2.52. The van der Waals surface area contributed by atoms with Crippen LogP contribution in [-0.4, -0.2) is 18.8 Å². The molecule has 1 fully saturated rings. The fourth-order valence-corrected chi connectivity index (χ4v) is 2.64. The molecule has 0 saturated carbocycles. The Hall–Kier alpha value is -0.570. The van der Waals surface area contributed by atoms with Gasteiger partial charge in [-0.2, -0.15) is 0 Å². The molecule has 1 aromatic rings. The zero-order valence-corrected chi connectivity index (χ0v) is 11.9. The summed E-state index contributed by atoms with van der Waals surface area (Å²) in [5, 5.41) is 4.49. The van der Waals surface area contributed by atoms with Gasteiger partial charge in [-0.05, 0) is 43.9 Å². The van der Waals surface area contributed by atoms with Crippen LogP contribution in [0.25, 0.3) is 0 Å². The monoisotopic (exact) mass is 267 g/mol. The van der Waals surface area contributed by atoms with Crippen molar-refractivity contribution in [1.29, 1.82) is 0 Å². The first-order valence-electron chi connectivity index (χ1n) is 6.82. The summed E-state index contributed by atoms with van der Waals surface area (Å²) < 4.78 is 5.70. The van der Waals surface area contributed by atoms with Crippen LogP contribution in [0.15, 0.2) is 24.3 Å². The Morgan fingerprint density at radius 3 is 2.78 bits per heavy atom. The number of ether oxygens (including phenoxy) is 1. The van der Waals surface area contributed by atoms with Crippen molar-refractivity contribution in [2.24, 2.45) is 0 Å². The number of halogens is 1. The molecular weight excluding hydrogens is 246 g/mol. The van der Waals surface area contributed by atoms with Crippen molar-refractivity contribution < 1.29 is 4.74 Å². The van der Waals surface area contributed by atoms with Crippen molar-refractivity contribution in [1.82, 2.24) is 5.32 Å². The highest BCUT2D eigenvalue weighted by Gasteiger charge is 2.22. The number of benzene rings is 1. The van der Waals surface area contributed by atoms with Crippen molar-refractivity contribution in [2.75, 3.05) is 6.61 Å². The lowest BCUT2D eigenvalue weighted by atomic mass is 9.99. The number of nitrogens with one attached hydrogen (secondary N) is 1. The SMILES string of the molecule is CCC1CC(N[C@@H](C)c2ccc(Cl)cc2)CCO1. The average molecular weight is 268 g/mol. The summed E-state index contributed by atoms with van der Waals surface area (Å²) in [5.74, 6) is 0. The van der Waals surface area contributed by atoms with E-state index in [9.17, 15) is 0 Å². The van der Waals surface area contributed by atoms with Gasteiger partial charge in [0.1, 0.15) is 0 Å². The molecule has 1 aliphatic rings. The third kappa shape index (κ3) is 3.71. The van der Waals surface area contributed by atoms with E-state index in [1.165, 1.54) is 5.56 Å². The Morgan fingerprint density at radius 1 is 1.39 bits per heavy atom. The van der Waals surface area contributed by atoms with E-state index in [1.54, 1.807) is 0 Å². The summed E-state index contributed by atoms with van der Waals surface area (Å²) in [5.41, 5.74) is 1.29. The molecule has 1 N–H and O–H groups in total. The first-order chi connectivity index (χ1) is 8.69. The molecule has 18 heavy (non-hydrogen) atoms. The van der Waals surface area contributed by atoms with E-state index in [2.05, 4.69) is 31.3 Å². The first-order valence-corrected chi connectivity index (χ1v) is 7.20. The van der Waals surface area contributed by atoms with Gasteiger partial charge in [-0.25, -0.2) is 0 Å². The largest absolute Gasteiger partial charge is 0.378 e. The highest BCUT2D eigenvalue weighted by Crippen LogP contribution is 2.21. The van der Waals surface area contributed by atoms with Gasteiger partial charge < -0.3 is 10.1 Å². The molecule has 0 aromatic heterocycles. The molecule has 3 atom stereocenters. The fraction of sp³-hybridized carbons (Fsp3) is 0.600. The van der Waals surface area contributed by atoms with Gasteiger partial charge >= 0.3 is 0 Å². The smallest absolute Gasteiger partial charge is 0.0587 e. The van der Waals surface area contributed by atoms with E-state index >= 15 is 0 Å². The summed E-state index contributed by atoms with van der Waals surface area (Å²) >= 11 is 5.91. The van der Waals surface area contributed by atoms with Crippen LogP contribution in [0.4, 0.5) is 0 Å². The van der Waals surface area contributed by atoms with Crippen LogP contribution in [0.2, 0.25) is 5.02 Å². The first kappa shape index (κ1) is 13.9. The van der Waals surface area contributed by atoms with Gasteiger partial charge in [0.05, 0.1) is 6.10 Å². The minimum Gasteiger partial charge on any atom is -0.378 e. The third-order valence-electron chi connectivity index (χ3n) is 3.68. The maximum Gasteiger partial charge on any atom is 0.0587 e. The van der Waals surface area contributed by atoms with Crippen LogP contribution >= 0.6 is 11.6 Å². The van der Waals surface area contributed by atoms with E-state index in [1.807, 2.05) is 12.1 Å².